The van der Waals surface area contributed by atoms with Gasteiger partial charge in [-0.2, -0.15) is 0 Å². The van der Waals surface area contributed by atoms with Gasteiger partial charge in [0.1, 0.15) is 5.78 Å². The van der Waals surface area contributed by atoms with E-state index >= 15 is 0 Å². The molecule has 17 heavy (non-hydrogen) atoms. The zero-order valence-electron chi connectivity index (χ0n) is 10.1. The fraction of sp³-hybridized carbons (Fsp3) is 0.286. The molecule has 1 aromatic carbocycles. The Bertz CT molecular complexity index is 513. The molecule has 0 aliphatic heterocycles. The van der Waals surface area contributed by atoms with E-state index in [0.29, 0.717) is 12.8 Å². The van der Waals surface area contributed by atoms with Crippen molar-refractivity contribution in [3.05, 3.63) is 51.5 Å². The molecule has 0 atom stereocenters. The van der Waals surface area contributed by atoms with E-state index in [1.54, 1.807) is 11.3 Å². The number of rotatable bonds is 4. The van der Waals surface area contributed by atoms with Crippen LogP contribution >= 0.6 is 11.3 Å². The summed E-state index contributed by atoms with van der Waals surface area (Å²) in [5, 5.41) is 2.98. The molecule has 0 unspecified atom stereocenters. The molecule has 0 fully saturated rings. The summed E-state index contributed by atoms with van der Waals surface area (Å²) < 4.78 is 0. The smallest absolute Gasteiger partial charge is 0.143 e. The number of ketones is 1. The minimum Gasteiger partial charge on any atom is -0.299 e. The summed E-state index contributed by atoms with van der Waals surface area (Å²) in [6.45, 7) is 4.00. The lowest BCUT2D eigenvalue weighted by molar-refractivity contribution is -0.117. The fourth-order valence-electron chi connectivity index (χ4n) is 1.69. The van der Waals surface area contributed by atoms with Crippen LogP contribution in [0.5, 0.6) is 0 Å². The molecule has 1 aromatic heterocycles. The van der Waals surface area contributed by atoms with Gasteiger partial charge in [-0.25, -0.2) is 4.98 Å². The lowest BCUT2D eigenvalue weighted by Gasteiger charge is -2.00. The summed E-state index contributed by atoms with van der Waals surface area (Å²) in [4.78, 5) is 16.1. The molecule has 0 saturated heterocycles. The molecule has 2 aromatic rings. The summed E-state index contributed by atoms with van der Waals surface area (Å²) in [5.74, 6) is 0.221. The van der Waals surface area contributed by atoms with Crippen molar-refractivity contribution < 1.29 is 4.79 Å². The van der Waals surface area contributed by atoms with Crippen LogP contribution in [0.1, 0.15) is 21.8 Å². The fourth-order valence-corrected chi connectivity index (χ4v) is 2.30. The quantitative estimate of drug-likeness (QED) is 0.828. The van der Waals surface area contributed by atoms with Gasteiger partial charge in [0.25, 0.3) is 0 Å². The minimum atomic E-state index is 0.221. The van der Waals surface area contributed by atoms with Crippen LogP contribution in [0.15, 0.2) is 29.6 Å². The third-order valence-corrected chi connectivity index (χ3v) is 3.39. The van der Waals surface area contributed by atoms with Crippen LogP contribution in [0.2, 0.25) is 0 Å². The molecule has 0 saturated carbocycles. The molecule has 3 heteroatoms. The molecule has 0 spiro atoms. The van der Waals surface area contributed by atoms with Crippen LogP contribution in [-0.2, 0) is 17.6 Å². The van der Waals surface area contributed by atoms with E-state index in [1.807, 2.05) is 43.5 Å². The second-order valence-corrected chi connectivity index (χ2v) is 5.30. The van der Waals surface area contributed by atoms with Gasteiger partial charge in [0.05, 0.1) is 10.7 Å². The van der Waals surface area contributed by atoms with Gasteiger partial charge < -0.3 is 0 Å². The zero-order chi connectivity index (χ0) is 12.3. The summed E-state index contributed by atoms with van der Waals surface area (Å²) in [7, 11) is 0. The number of benzene rings is 1. The Hall–Kier alpha value is -1.48. The predicted molar refractivity (Wildman–Crippen MR) is 70.4 cm³/mol. The number of thiazole rings is 1. The first-order valence-electron chi connectivity index (χ1n) is 5.62. The van der Waals surface area contributed by atoms with Gasteiger partial charge in [0.2, 0.25) is 0 Å². The van der Waals surface area contributed by atoms with Gasteiger partial charge in [-0.3, -0.25) is 4.79 Å². The molecule has 0 bridgehead atoms. The van der Waals surface area contributed by atoms with Crippen molar-refractivity contribution in [3.63, 3.8) is 0 Å². The van der Waals surface area contributed by atoms with Crippen LogP contribution in [-0.4, -0.2) is 10.8 Å². The number of aryl methyl sites for hydroxylation is 2. The molecule has 2 rings (SSSR count). The number of aromatic nitrogens is 1. The van der Waals surface area contributed by atoms with Crippen LogP contribution in [0, 0.1) is 13.8 Å². The minimum absolute atomic E-state index is 0.221. The Labute approximate surface area is 105 Å². The maximum Gasteiger partial charge on any atom is 0.143 e. The van der Waals surface area contributed by atoms with E-state index in [2.05, 4.69) is 4.98 Å². The maximum atomic E-state index is 11.8. The van der Waals surface area contributed by atoms with E-state index < -0.39 is 0 Å². The molecule has 0 aliphatic rings. The van der Waals surface area contributed by atoms with Crippen molar-refractivity contribution in [3.8, 4) is 0 Å². The van der Waals surface area contributed by atoms with E-state index in [1.165, 1.54) is 5.56 Å². The highest BCUT2D eigenvalue weighted by molar-refractivity contribution is 7.09. The van der Waals surface area contributed by atoms with Crippen molar-refractivity contribution in [2.24, 2.45) is 0 Å². The third-order valence-electron chi connectivity index (χ3n) is 2.57. The largest absolute Gasteiger partial charge is 0.299 e. The van der Waals surface area contributed by atoms with Crippen molar-refractivity contribution in [1.82, 2.24) is 4.98 Å². The van der Waals surface area contributed by atoms with E-state index in [-0.39, 0.29) is 5.78 Å². The average Bonchev–Trinajstić information content (AvgIpc) is 2.67. The van der Waals surface area contributed by atoms with E-state index in [4.69, 9.17) is 0 Å². The lowest BCUT2D eigenvalue weighted by atomic mass is 10.0. The third kappa shape index (κ3) is 3.49. The SMILES string of the molecule is Cc1ccc(CC(=O)Cc2csc(C)n2)cc1. The van der Waals surface area contributed by atoms with Gasteiger partial charge in [-0.05, 0) is 19.4 Å². The highest BCUT2D eigenvalue weighted by Gasteiger charge is 2.07. The molecule has 0 radical (unpaired) electrons. The first-order valence-corrected chi connectivity index (χ1v) is 6.50. The van der Waals surface area contributed by atoms with Gasteiger partial charge in [0.15, 0.2) is 0 Å². The number of Topliss-reactive ketones (excluding diaryl/α,β-unsaturated/α-hetero) is 1. The molecule has 0 aliphatic carbocycles. The van der Waals surface area contributed by atoms with Gasteiger partial charge in [-0.1, -0.05) is 29.8 Å². The van der Waals surface area contributed by atoms with Gasteiger partial charge >= 0.3 is 0 Å². The zero-order valence-corrected chi connectivity index (χ0v) is 10.9. The van der Waals surface area contributed by atoms with Crippen molar-refractivity contribution in [2.75, 3.05) is 0 Å². The topological polar surface area (TPSA) is 30.0 Å². The highest BCUT2D eigenvalue weighted by atomic mass is 32.1. The Morgan fingerprint density at radius 1 is 1.18 bits per heavy atom. The van der Waals surface area contributed by atoms with Crippen LogP contribution in [0.25, 0.3) is 0 Å². The average molecular weight is 245 g/mol. The summed E-state index contributed by atoms with van der Waals surface area (Å²) in [6.07, 6.45) is 0.940. The van der Waals surface area contributed by atoms with Crippen molar-refractivity contribution in [1.29, 1.82) is 0 Å². The molecule has 1 heterocycles. The second-order valence-electron chi connectivity index (χ2n) is 4.24. The standard InChI is InChI=1S/C14H15NOS/c1-10-3-5-12(6-4-10)7-14(16)8-13-9-17-11(2)15-13/h3-6,9H,7-8H2,1-2H3. The normalized spacial score (nSPS) is 10.5. The second kappa shape index (κ2) is 5.23. The first-order chi connectivity index (χ1) is 8.13. The van der Waals surface area contributed by atoms with E-state index in [0.717, 1.165) is 16.3 Å². The van der Waals surface area contributed by atoms with Gasteiger partial charge in [-0.15, -0.1) is 11.3 Å². The Kier molecular flexibility index (Phi) is 3.69. The lowest BCUT2D eigenvalue weighted by Crippen LogP contribution is -2.06. The number of hydrogen-bond acceptors (Lipinski definition) is 3. The predicted octanol–water partition coefficient (Wildman–Crippen LogP) is 3.11. The number of carbonyl (C=O) groups excluding carboxylic acids is 1. The van der Waals surface area contributed by atoms with Gasteiger partial charge in [0, 0.05) is 18.2 Å². The number of hydrogen-bond donors (Lipinski definition) is 0. The van der Waals surface area contributed by atoms with E-state index in [9.17, 15) is 4.79 Å². The molecule has 2 nitrogen and oxygen atoms in total. The number of carbonyl (C=O) groups is 1. The Morgan fingerprint density at radius 3 is 2.47 bits per heavy atom. The Morgan fingerprint density at radius 2 is 1.88 bits per heavy atom. The van der Waals surface area contributed by atoms with Crippen molar-refractivity contribution in [2.45, 2.75) is 26.7 Å². The van der Waals surface area contributed by atoms with Crippen LogP contribution in [0.3, 0.4) is 0 Å². The Balaban J connectivity index is 1.95. The summed E-state index contributed by atoms with van der Waals surface area (Å²) >= 11 is 1.59. The van der Waals surface area contributed by atoms with Crippen LogP contribution < -0.4 is 0 Å². The van der Waals surface area contributed by atoms with Crippen molar-refractivity contribution >= 4 is 17.1 Å². The highest BCUT2D eigenvalue weighted by Crippen LogP contribution is 2.10. The maximum absolute atomic E-state index is 11.8. The molecular weight excluding hydrogens is 230 g/mol. The number of nitrogens with zero attached hydrogens (tertiary/aromatic N) is 1. The molecular formula is C14H15NOS. The molecule has 0 N–H and O–H groups in total. The first kappa shape index (κ1) is 12.0. The summed E-state index contributed by atoms with van der Waals surface area (Å²) in [5.41, 5.74) is 3.19. The monoisotopic (exact) mass is 245 g/mol. The molecule has 88 valence electrons. The summed E-state index contributed by atoms with van der Waals surface area (Å²) in [6, 6.07) is 8.10. The molecule has 0 amide bonds. The van der Waals surface area contributed by atoms with Crippen LogP contribution in [0.4, 0.5) is 0 Å².